The van der Waals surface area contributed by atoms with E-state index in [2.05, 4.69) is 37.4 Å². The normalized spacial score (nSPS) is 45.5. The summed E-state index contributed by atoms with van der Waals surface area (Å²) in [7, 11) is 0. The molecule has 3 heteroatoms. The lowest BCUT2D eigenvalue weighted by atomic mass is 9.47. The lowest BCUT2D eigenvalue weighted by Crippen LogP contribution is -2.59. The standard InChI is InChI=1S/C25H33NO2/c1-24-14-12-19-17(8-11-21-25(19,2)15-13-22(27)26-21)18(24)9-10-20(24)23(28)16-6-4-3-5-7-16/h3-7,13,15,17-21,23,28H,8-12,14H2,1-2H3,(H,26,27)/t17-,18-,19-,20+,21+,23+,24-,25+/m0/s1. The minimum Gasteiger partial charge on any atom is -0.388 e. The van der Waals surface area contributed by atoms with Crippen LogP contribution in [0.2, 0.25) is 0 Å². The second-order valence-electron chi connectivity index (χ2n) is 10.3. The molecule has 2 N–H and O–H groups in total. The Bertz CT molecular complexity index is 789. The number of rotatable bonds is 2. The fourth-order valence-electron chi connectivity index (χ4n) is 7.78. The first-order valence-corrected chi connectivity index (χ1v) is 11.2. The van der Waals surface area contributed by atoms with E-state index in [-0.39, 0.29) is 22.8 Å². The average molecular weight is 380 g/mol. The van der Waals surface area contributed by atoms with Crippen LogP contribution in [0.15, 0.2) is 42.5 Å². The van der Waals surface area contributed by atoms with E-state index in [9.17, 15) is 9.90 Å². The van der Waals surface area contributed by atoms with Gasteiger partial charge in [0.15, 0.2) is 0 Å². The van der Waals surface area contributed by atoms with Gasteiger partial charge in [-0.25, -0.2) is 0 Å². The largest absolute Gasteiger partial charge is 0.388 e. The van der Waals surface area contributed by atoms with Crippen molar-refractivity contribution < 1.29 is 9.90 Å². The van der Waals surface area contributed by atoms with Crippen LogP contribution < -0.4 is 5.32 Å². The fraction of sp³-hybridized carbons (Fsp3) is 0.640. The Labute approximate surface area is 168 Å². The Morgan fingerprint density at radius 2 is 1.82 bits per heavy atom. The molecule has 1 aromatic carbocycles. The molecule has 28 heavy (non-hydrogen) atoms. The number of aliphatic hydroxyl groups excluding tert-OH is 1. The molecule has 1 aliphatic heterocycles. The van der Waals surface area contributed by atoms with Gasteiger partial charge in [0.25, 0.3) is 0 Å². The number of benzene rings is 1. The van der Waals surface area contributed by atoms with Crippen LogP contribution in [-0.2, 0) is 4.79 Å². The van der Waals surface area contributed by atoms with Crippen LogP contribution in [0.25, 0.3) is 0 Å². The molecule has 3 aliphatic carbocycles. The number of carbonyl (C=O) groups is 1. The Kier molecular flexibility index (Phi) is 4.24. The summed E-state index contributed by atoms with van der Waals surface area (Å²) < 4.78 is 0. The number of carbonyl (C=O) groups excluding carboxylic acids is 1. The average Bonchev–Trinajstić information content (AvgIpc) is 3.06. The predicted octanol–water partition coefficient (Wildman–Crippen LogP) is 4.63. The van der Waals surface area contributed by atoms with Gasteiger partial charge >= 0.3 is 0 Å². The van der Waals surface area contributed by atoms with Crippen LogP contribution in [0.5, 0.6) is 0 Å². The van der Waals surface area contributed by atoms with Gasteiger partial charge in [0.05, 0.1) is 6.10 Å². The lowest BCUT2D eigenvalue weighted by molar-refractivity contribution is -0.123. The van der Waals surface area contributed by atoms with Crippen molar-refractivity contribution in [2.24, 2.45) is 34.5 Å². The minimum absolute atomic E-state index is 0.0773. The van der Waals surface area contributed by atoms with Gasteiger partial charge in [-0.2, -0.15) is 0 Å². The molecular formula is C25H33NO2. The van der Waals surface area contributed by atoms with E-state index in [1.54, 1.807) is 6.08 Å². The molecule has 3 fully saturated rings. The van der Waals surface area contributed by atoms with E-state index < -0.39 is 0 Å². The number of amides is 1. The number of fused-ring (bicyclic) bond motifs is 5. The highest BCUT2D eigenvalue weighted by Gasteiger charge is 2.60. The second-order valence-corrected chi connectivity index (χ2v) is 10.3. The van der Waals surface area contributed by atoms with Gasteiger partial charge in [-0.1, -0.05) is 50.3 Å². The van der Waals surface area contributed by atoms with Crippen molar-refractivity contribution in [1.29, 1.82) is 0 Å². The van der Waals surface area contributed by atoms with Crippen LogP contribution in [0.1, 0.15) is 64.0 Å². The van der Waals surface area contributed by atoms with E-state index >= 15 is 0 Å². The number of hydrogen-bond donors (Lipinski definition) is 2. The van der Waals surface area contributed by atoms with Gasteiger partial charge in [0.2, 0.25) is 5.91 Å². The van der Waals surface area contributed by atoms with E-state index in [1.165, 1.54) is 25.7 Å². The van der Waals surface area contributed by atoms with Crippen molar-refractivity contribution in [1.82, 2.24) is 5.32 Å². The van der Waals surface area contributed by atoms with Gasteiger partial charge in [-0.05, 0) is 79.3 Å². The van der Waals surface area contributed by atoms with Crippen LogP contribution in [-0.4, -0.2) is 17.1 Å². The van der Waals surface area contributed by atoms with Crippen LogP contribution >= 0.6 is 0 Å². The van der Waals surface area contributed by atoms with Crippen molar-refractivity contribution in [2.75, 3.05) is 0 Å². The monoisotopic (exact) mass is 379 g/mol. The Hall–Kier alpha value is -1.61. The predicted molar refractivity (Wildman–Crippen MR) is 110 cm³/mol. The van der Waals surface area contributed by atoms with Crippen LogP contribution in [0.4, 0.5) is 0 Å². The highest BCUT2D eigenvalue weighted by atomic mass is 16.3. The third-order valence-electron chi connectivity index (χ3n) is 9.28. The lowest BCUT2D eigenvalue weighted by Gasteiger charge is -2.59. The van der Waals surface area contributed by atoms with E-state index in [0.717, 1.165) is 18.4 Å². The van der Waals surface area contributed by atoms with Crippen molar-refractivity contribution in [2.45, 2.75) is 64.5 Å². The molecule has 0 spiro atoms. The SMILES string of the molecule is C[C@]12C=CC(=O)N[C@@H]1CC[C@@H]1[C@@H]2CC[C@]2(C)[C@@H]([C@H](O)c3ccccc3)CC[C@@H]12. The van der Waals surface area contributed by atoms with Crippen LogP contribution in [0.3, 0.4) is 0 Å². The molecule has 0 saturated heterocycles. The Balaban J connectivity index is 1.43. The smallest absolute Gasteiger partial charge is 0.243 e. The topological polar surface area (TPSA) is 49.3 Å². The fourth-order valence-corrected chi connectivity index (χ4v) is 7.78. The number of nitrogens with one attached hydrogen (secondary N) is 1. The summed E-state index contributed by atoms with van der Waals surface area (Å²) in [6.45, 7) is 4.84. The molecule has 150 valence electrons. The quantitative estimate of drug-likeness (QED) is 0.787. The zero-order chi connectivity index (χ0) is 19.5. The van der Waals surface area contributed by atoms with E-state index in [4.69, 9.17) is 0 Å². The van der Waals surface area contributed by atoms with Gasteiger partial charge in [0, 0.05) is 11.5 Å². The maximum absolute atomic E-state index is 11.9. The van der Waals surface area contributed by atoms with Crippen molar-refractivity contribution >= 4 is 5.91 Å². The first kappa shape index (κ1) is 18.4. The summed E-state index contributed by atoms with van der Waals surface area (Å²) in [6.07, 6.45) is 10.7. The van der Waals surface area contributed by atoms with Gasteiger partial charge in [-0.15, -0.1) is 0 Å². The number of aliphatic hydroxyl groups is 1. The first-order chi connectivity index (χ1) is 13.4. The maximum atomic E-state index is 11.9. The molecule has 4 aliphatic rings. The minimum atomic E-state index is -0.353. The Morgan fingerprint density at radius 3 is 2.61 bits per heavy atom. The molecule has 5 rings (SSSR count). The molecule has 3 saturated carbocycles. The third-order valence-corrected chi connectivity index (χ3v) is 9.28. The third kappa shape index (κ3) is 2.55. The first-order valence-electron chi connectivity index (χ1n) is 11.2. The summed E-state index contributed by atoms with van der Waals surface area (Å²) in [5.74, 6) is 2.49. The second kappa shape index (κ2) is 6.45. The van der Waals surface area contributed by atoms with Crippen molar-refractivity contribution in [3.8, 4) is 0 Å². The molecule has 1 amide bonds. The highest BCUT2D eigenvalue weighted by Crippen LogP contribution is 2.66. The highest BCUT2D eigenvalue weighted by molar-refractivity contribution is 5.89. The zero-order valence-corrected chi connectivity index (χ0v) is 17.1. The molecule has 0 bridgehead atoms. The molecule has 8 atom stereocenters. The van der Waals surface area contributed by atoms with Gasteiger partial charge in [-0.3, -0.25) is 4.79 Å². The van der Waals surface area contributed by atoms with Crippen LogP contribution in [0, 0.1) is 34.5 Å². The molecule has 1 heterocycles. The van der Waals surface area contributed by atoms with Crippen molar-refractivity contribution in [3.05, 3.63) is 48.0 Å². The molecule has 0 radical (unpaired) electrons. The molecular weight excluding hydrogens is 346 g/mol. The maximum Gasteiger partial charge on any atom is 0.243 e. The van der Waals surface area contributed by atoms with E-state index in [0.29, 0.717) is 29.7 Å². The Morgan fingerprint density at radius 1 is 1.04 bits per heavy atom. The van der Waals surface area contributed by atoms with Gasteiger partial charge < -0.3 is 10.4 Å². The zero-order valence-electron chi connectivity index (χ0n) is 17.1. The molecule has 1 aromatic rings. The summed E-state index contributed by atoms with van der Waals surface area (Å²) in [5, 5.41) is 14.5. The summed E-state index contributed by atoms with van der Waals surface area (Å²) in [4.78, 5) is 11.9. The molecule has 0 aromatic heterocycles. The summed E-state index contributed by atoms with van der Waals surface area (Å²) >= 11 is 0. The number of hydrogen-bond acceptors (Lipinski definition) is 2. The van der Waals surface area contributed by atoms with Gasteiger partial charge in [0.1, 0.15) is 0 Å². The van der Waals surface area contributed by atoms with E-state index in [1.807, 2.05) is 18.2 Å². The molecule has 0 unspecified atom stereocenters. The molecule has 3 nitrogen and oxygen atoms in total. The summed E-state index contributed by atoms with van der Waals surface area (Å²) in [5.41, 5.74) is 1.39. The van der Waals surface area contributed by atoms with Crippen molar-refractivity contribution in [3.63, 3.8) is 0 Å². The summed E-state index contributed by atoms with van der Waals surface area (Å²) in [6, 6.07) is 10.5.